The van der Waals surface area contributed by atoms with Crippen molar-refractivity contribution < 1.29 is 0 Å². The van der Waals surface area contributed by atoms with Gasteiger partial charge < -0.3 is 0 Å². The van der Waals surface area contributed by atoms with Gasteiger partial charge in [-0.05, 0) is 18.8 Å². The standard InChI is InChI=1S/C7H11N/c1-6(2)4-7(6,3)5-8/h4H2,1-3H3. The summed E-state index contributed by atoms with van der Waals surface area (Å²) in [7, 11) is 0. The maximum atomic E-state index is 8.55. The van der Waals surface area contributed by atoms with Crippen LogP contribution in [0.5, 0.6) is 0 Å². The summed E-state index contributed by atoms with van der Waals surface area (Å²) in [6, 6.07) is 2.31. The minimum Gasteiger partial charge on any atom is -0.198 e. The molecule has 0 aromatic carbocycles. The topological polar surface area (TPSA) is 23.8 Å². The Morgan fingerprint density at radius 3 is 1.75 bits per heavy atom. The average Bonchev–Trinajstić information content (AvgIpc) is 2.10. The highest BCUT2D eigenvalue weighted by atomic mass is 14.6. The lowest BCUT2D eigenvalue weighted by Crippen LogP contribution is -1.98. The van der Waals surface area contributed by atoms with E-state index in [4.69, 9.17) is 5.26 Å². The Morgan fingerprint density at radius 1 is 1.38 bits per heavy atom. The lowest BCUT2D eigenvalue weighted by Gasteiger charge is -2.01. The molecule has 1 rings (SSSR count). The molecule has 44 valence electrons. The first-order valence-corrected chi connectivity index (χ1v) is 2.93. The van der Waals surface area contributed by atoms with E-state index in [1.165, 1.54) is 0 Å². The summed E-state index contributed by atoms with van der Waals surface area (Å²) in [4.78, 5) is 0. The molecule has 0 radical (unpaired) electrons. The van der Waals surface area contributed by atoms with Crippen LogP contribution in [0, 0.1) is 22.2 Å². The molecule has 8 heavy (non-hydrogen) atoms. The first kappa shape index (κ1) is 5.62. The van der Waals surface area contributed by atoms with Crippen molar-refractivity contribution in [2.45, 2.75) is 27.2 Å². The maximum Gasteiger partial charge on any atom is 0.0692 e. The van der Waals surface area contributed by atoms with Crippen LogP contribution in [0.2, 0.25) is 0 Å². The van der Waals surface area contributed by atoms with E-state index in [0.29, 0.717) is 5.41 Å². The Labute approximate surface area is 50.3 Å². The monoisotopic (exact) mass is 109 g/mol. The zero-order valence-corrected chi connectivity index (χ0v) is 5.65. The molecule has 1 nitrogen and oxygen atoms in total. The van der Waals surface area contributed by atoms with Crippen LogP contribution < -0.4 is 0 Å². The maximum absolute atomic E-state index is 8.55. The molecule has 1 heteroatoms. The largest absolute Gasteiger partial charge is 0.198 e. The fraction of sp³-hybridized carbons (Fsp3) is 0.857. The van der Waals surface area contributed by atoms with Crippen LogP contribution in [0.1, 0.15) is 27.2 Å². The van der Waals surface area contributed by atoms with Crippen molar-refractivity contribution in [1.29, 1.82) is 5.26 Å². The molecule has 0 aromatic heterocycles. The molecule has 1 unspecified atom stereocenters. The molecule has 0 heterocycles. The molecule has 0 aliphatic heterocycles. The first-order chi connectivity index (χ1) is 3.52. The molecule has 0 bridgehead atoms. The fourth-order valence-electron chi connectivity index (χ4n) is 1.03. The van der Waals surface area contributed by atoms with Gasteiger partial charge in [-0.15, -0.1) is 0 Å². The van der Waals surface area contributed by atoms with Crippen molar-refractivity contribution in [3.05, 3.63) is 0 Å². The summed E-state index contributed by atoms with van der Waals surface area (Å²) in [5, 5.41) is 8.55. The molecule has 0 aromatic rings. The van der Waals surface area contributed by atoms with Crippen molar-refractivity contribution >= 4 is 0 Å². The van der Waals surface area contributed by atoms with Gasteiger partial charge in [-0.1, -0.05) is 13.8 Å². The Morgan fingerprint density at radius 2 is 1.75 bits per heavy atom. The molecule has 1 atom stereocenters. The second kappa shape index (κ2) is 1.07. The third-order valence-corrected chi connectivity index (χ3v) is 2.41. The Hall–Kier alpha value is -0.510. The highest BCUT2D eigenvalue weighted by molar-refractivity contribution is 5.18. The minimum atomic E-state index is -0.00694. The molecule has 1 fully saturated rings. The number of nitriles is 1. The SMILES string of the molecule is CC1(C)CC1(C)C#N. The van der Waals surface area contributed by atoms with E-state index < -0.39 is 0 Å². The molecule has 0 spiro atoms. The summed E-state index contributed by atoms with van der Waals surface area (Å²) in [6.07, 6.45) is 1.07. The van der Waals surface area contributed by atoms with Crippen LogP contribution in [0.3, 0.4) is 0 Å². The molecule has 1 aliphatic rings. The van der Waals surface area contributed by atoms with E-state index >= 15 is 0 Å². The van der Waals surface area contributed by atoms with Crippen LogP contribution in [-0.4, -0.2) is 0 Å². The molecular weight excluding hydrogens is 98.1 g/mol. The van der Waals surface area contributed by atoms with Crippen LogP contribution in [0.15, 0.2) is 0 Å². The Balaban J connectivity index is 2.72. The molecule has 0 saturated heterocycles. The number of hydrogen-bond donors (Lipinski definition) is 0. The zero-order valence-electron chi connectivity index (χ0n) is 5.65. The zero-order chi connectivity index (χ0) is 6.41. The highest BCUT2D eigenvalue weighted by Gasteiger charge is 2.58. The van der Waals surface area contributed by atoms with Crippen LogP contribution in [-0.2, 0) is 0 Å². The summed E-state index contributed by atoms with van der Waals surface area (Å²) in [5.41, 5.74) is 0.286. The second-order valence-electron chi connectivity index (χ2n) is 3.50. The molecular formula is C7H11N. The third-order valence-electron chi connectivity index (χ3n) is 2.41. The number of hydrogen-bond acceptors (Lipinski definition) is 1. The van der Waals surface area contributed by atoms with Gasteiger partial charge in [0.1, 0.15) is 0 Å². The minimum absolute atomic E-state index is 0.00694. The van der Waals surface area contributed by atoms with E-state index in [2.05, 4.69) is 19.9 Å². The van der Waals surface area contributed by atoms with E-state index in [1.54, 1.807) is 0 Å². The van der Waals surface area contributed by atoms with Gasteiger partial charge in [-0.2, -0.15) is 5.26 Å². The lowest BCUT2D eigenvalue weighted by atomic mass is 10.0. The first-order valence-electron chi connectivity index (χ1n) is 2.93. The lowest BCUT2D eigenvalue weighted by molar-refractivity contribution is 0.512. The number of nitrogens with zero attached hydrogens (tertiary/aromatic N) is 1. The molecule has 0 N–H and O–H groups in total. The summed E-state index contributed by atoms with van der Waals surface area (Å²) < 4.78 is 0. The van der Waals surface area contributed by atoms with E-state index in [0.717, 1.165) is 6.42 Å². The summed E-state index contributed by atoms with van der Waals surface area (Å²) in [5.74, 6) is 0. The average molecular weight is 109 g/mol. The van der Waals surface area contributed by atoms with Crippen molar-refractivity contribution in [3.63, 3.8) is 0 Å². The van der Waals surface area contributed by atoms with Gasteiger partial charge in [0.05, 0.1) is 11.5 Å². The van der Waals surface area contributed by atoms with Crippen LogP contribution in [0.25, 0.3) is 0 Å². The molecule has 1 saturated carbocycles. The molecule has 1 aliphatic carbocycles. The summed E-state index contributed by atoms with van der Waals surface area (Å²) >= 11 is 0. The smallest absolute Gasteiger partial charge is 0.0692 e. The predicted octanol–water partition coefficient (Wildman–Crippen LogP) is 1.95. The van der Waals surface area contributed by atoms with Gasteiger partial charge in [0, 0.05) is 0 Å². The quantitative estimate of drug-likeness (QED) is 0.466. The Bertz CT molecular complexity index is 152. The Kier molecular flexibility index (Phi) is 0.756. The van der Waals surface area contributed by atoms with Crippen LogP contribution >= 0.6 is 0 Å². The van der Waals surface area contributed by atoms with Gasteiger partial charge >= 0.3 is 0 Å². The van der Waals surface area contributed by atoms with Crippen LogP contribution in [0.4, 0.5) is 0 Å². The van der Waals surface area contributed by atoms with Crippen molar-refractivity contribution in [3.8, 4) is 6.07 Å². The normalized spacial score (nSPS) is 40.8. The van der Waals surface area contributed by atoms with Gasteiger partial charge in [0.25, 0.3) is 0 Å². The van der Waals surface area contributed by atoms with Crippen molar-refractivity contribution in [2.75, 3.05) is 0 Å². The fourth-order valence-corrected chi connectivity index (χ4v) is 1.03. The summed E-state index contributed by atoms with van der Waals surface area (Å²) in [6.45, 7) is 6.29. The van der Waals surface area contributed by atoms with Gasteiger partial charge in [0.15, 0.2) is 0 Å². The van der Waals surface area contributed by atoms with Gasteiger partial charge in [0.2, 0.25) is 0 Å². The van der Waals surface area contributed by atoms with Crippen molar-refractivity contribution in [1.82, 2.24) is 0 Å². The van der Waals surface area contributed by atoms with E-state index in [9.17, 15) is 0 Å². The van der Waals surface area contributed by atoms with Gasteiger partial charge in [-0.3, -0.25) is 0 Å². The van der Waals surface area contributed by atoms with E-state index in [-0.39, 0.29) is 5.41 Å². The van der Waals surface area contributed by atoms with E-state index in [1.807, 2.05) is 6.92 Å². The predicted molar refractivity (Wildman–Crippen MR) is 32.1 cm³/mol. The second-order valence-corrected chi connectivity index (χ2v) is 3.50. The third kappa shape index (κ3) is 0.461. The highest BCUT2D eigenvalue weighted by Crippen LogP contribution is 2.62. The van der Waals surface area contributed by atoms with Crippen molar-refractivity contribution in [2.24, 2.45) is 10.8 Å². The van der Waals surface area contributed by atoms with Gasteiger partial charge in [-0.25, -0.2) is 0 Å². The number of rotatable bonds is 0. The molecule has 0 amide bonds.